The van der Waals surface area contributed by atoms with Crippen LogP contribution in [0.3, 0.4) is 0 Å². The van der Waals surface area contributed by atoms with Crippen LogP contribution < -0.4 is 5.32 Å². The first-order chi connectivity index (χ1) is 9.13. The molecule has 1 aliphatic carbocycles. The third kappa shape index (κ3) is 1.73. The number of carbonyl (C=O) groups is 2. The molecule has 0 saturated carbocycles. The lowest BCUT2D eigenvalue weighted by Gasteiger charge is -2.29. The van der Waals surface area contributed by atoms with E-state index in [4.69, 9.17) is 0 Å². The Labute approximate surface area is 112 Å². The van der Waals surface area contributed by atoms with E-state index in [1.807, 2.05) is 55.5 Å². The van der Waals surface area contributed by atoms with Gasteiger partial charge in [-0.1, -0.05) is 48.6 Å². The van der Waals surface area contributed by atoms with Gasteiger partial charge in [0.15, 0.2) is 0 Å². The number of nitrogens with one attached hydrogen (secondary N) is 1. The van der Waals surface area contributed by atoms with Crippen LogP contribution in [-0.2, 0) is 16.0 Å². The minimum absolute atomic E-state index is 0.189. The number of hydrogen-bond acceptors (Lipinski definition) is 2. The van der Waals surface area contributed by atoms with Crippen molar-refractivity contribution in [2.24, 2.45) is 11.3 Å². The summed E-state index contributed by atoms with van der Waals surface area (Å²) in [4.78, 5) is 24.1. The van der Waals surface area contributed by atoms with Gasteiger partial charge >= 0.3 is 0 Å². The number of aryl methyl sites for hydroxylation is 1. The molecule has 0 spiro atoms. The van der Waals surface area contributed by atoms with Crippen LogP contribution in [0.2, 0.25) is 0 Å². The molecule has 19 heavy (non-hydrogen) atoms. The van der Waals surface area contributed by atoms with Crippen molar-refractivity contribution in [3.05, 3.63) is 59.7 Å². The summed E-state index contributed by atoms with van der Waals surface area (Å²) < 4.78 is 0. The van der Waals surface area contributed by atoms with Gasteiger partial charge in [0, 0.05) is 0 Å². The second-order valence-corrected chi connectivity index (χ2v) is 5.18. The van der Waals surface area contributed by atoms with Crippen LogP contribution in [0.25, 0.3) is 0 Å². The Balaban J connectivity index is 2.04. The second kappa shape index (κ2) is 4.19. The van der Waals surface area contributed by atoms with Crippen molar-refractivity contribution < 1.29 is 9.59 Å². The third-order valence-electron chi connectivity index (χ3n) is 4.05. The Morgan fingerprint density at radius 2 is 2.00 bits per heavy atom. The van der Waals surface area contributed by atoms with Gasteiger partial charge in [0.1, 0.15) is 0 Å². The SMILES string of the molecule is Cc1ccccc1CC12C=CC=CC1C(=O)NC2=O. The fourth-order valence-corrected chi connectivity index (χ4v) is 2.89. The van der Waals surface area contributed by atoms with Gasteiger partial charge in [0.2, 0.25) is 11.8 Å². The zero-order valence-electron chi connectivity index (χ0n) is 10.7. The highest BCUT2D eigenvalue weighted by Gasteiger charge is 2.53. The maximum Gasteiger partial charge on any atom is 0.238 e. The van der Waals surface area contributed by atoms with Crippen LogP contribution >= 0.6 is 0 Å². The van der Waals surface area contributed by atoms with Crippen LogP contribution in [0.1, 0.15) is 11.1 Å². The highest BCUT2D eigenvalue weighted by Crippen LogP contribution is 2.41. The van der Waals surface area contributed by atoms with E-state index in [9.17, 15) is 9.59 Å². The molecule has 1 aromatic rings. The maximum absolute atomic E-state index is 12.2. The van der Waals surface area contributed by atoms with Crippen molar-refractivity contribution in [2.45, 2.75) is 13.3 Å². The van der Waals surface area contributed by atoms with E-state index in [0.717, 1.165) is 11.1 Å². The van der Waals surface area contributed by atoms with Crippen LogP contribution in [0.4, 0.5) is 0 Å². The van der Waals surface area contributed by atoms with Crippen LogP contribution in [0.5, 0.6) is 0 Å². The van der Waals surface area contributed by atoms with Gasteiger partial charge in [0.25, 0.3) is 0 Å². The van der Waals surface area contributed by atoms with Gasteiger partial charge in [-0.05, 0) is 24.5 Å². The van der Waals surface area contributed by atoms with E-state index in [0.29, 0.717) is 6.42 Å². The van der Waals surface area contributed by atoms with Gasteiger partial charge in [-0.15, -0.1) is 0 Å². The summed E-state index contributed by atoms with van der Waals surface area (Å²) in [5.41, 5.74) is 1.50. The van der Waals surface area contributed by atoms with E-state index in [1.54, 1.807) is 0 Å². The van der Waals surface area contributed by atoms with E-state index < -0.39 is 5.41 Å². The molecular weight excluding hydrogens is 238 g/mol. The van der Waals surface area contributed by atoms with Crippen LogP contribution in [0.15, 0.2) is 48.6 Å². The van der Waals surface area contributed by atoms with Gasteiger partial charge in [0.05, 0.1) is 11.3 Å². The average molecular weight is 253 g/mol. The number of benzene rings is 1. The summed E-state index contributed by atoms with van der Waals surface area (Å²) in [5, 5.41) is 2.46. The first-order valence-corrected chi connectivity index (χ1v) is 6.39. The summed E-state index contributed by atoms with van der Waals surface area (Å²) in [6.45, 7) is 2.03. The van der Waals surface area contributed by atoms with E-state index >= 15 is 0 Å². The van der Waals surface area contributed by atoms with Crippen molar-refractivity contribution >= 4 is 11.8 Å². The Bertz CT molecular complexity index is 615. The number of carbonyl (C=O) groups excluding carboxylic acids is 2. The van der Waals surface area contributed by atoms with E-state index in [-0.39, 0.29) is 17.7 Å². The number of rotatable bonds is 2. The van der Waals surface area contributed by atoms with Crippen molar-refractivity contribution in [3.63, 3.8) is 0 Å². The van der Waals surface area contributed by atoms with Gasteiger partial charge in [-0.3, -0.25) is 14.9 Å². The lowest BCUT2D eigenvalue weighted by atomic mass is 9.70. The molecule has 1 heterocycles. The van der Waals surface area contributed by atoms with Gasteiger partial charge in [-0.2, -0.15) is 0 Å². The fourth-order valence-electron chi connectivity index (χ4n) is 2.89. The molecule has 1 aromatic carbocycles. The molecule has 2 amide bonds. The summed E-state index contributed by atoms with van der Waals surface area (Å²) >= 11 is 0. The number of fused-ring (bicyclic) bond motifs is 1. The largest absolute Gasteiger partial charge is 0.295 e. The van der Waals surface area contributed by atoms with E-state index in [1.165, 1.54) is 0 Å². The molecule has 3 nitrogen and oxygen atoms in total. The molecular formula is C16H15NO2. The molecule has 1 N–H and O–H groups in total. The molecule has 2 aliphatic rings. The second-order valence-electron chi connectivity index (χ2n) is 5.18. The predicted octanol–water partition coefficient (Wildman–Crippen LogP) is 1.92. The smallest absolute Gasteiger partial charge is 0.238 e. The van der Waals surface area contributed by atoms with Crippen LogP contribution in [0, 0.1) is 18.3 Å². The fraction of sp³-hybridized carbons (Fsp3) is 0.250. The molecule has 1 saturated heterocycles. The molecule has 1 fully saturated rings. The Kier molecular flexibility index (Phi) is 2.63. The molecule has 2 unspecified atom stereocenters. The molecule has 0 radical (unpaired) electrons. The number of imide groups is 1. The normalized spacial score (nSPS) is 28.4. The van der Waals surface area contributed by atoms with E-state index in [2.05, 4.69) is 5.32 Å². The number of amides is 2. The molecule has 2 atom stereocenters. The van der Waals surface area contributed by atoms with Crippen LogP contribution in [-0.4, -0.2) is 11.8 Å². The summed E-state index contributed by atoms with van der Waals surface area (Å²) in [5.74, 6) is -0.768. The first-order valence-electron chi connectivity index (χ1n) is 6.39. The minimum Gasteiger partial charge on any atom is -0.295 e. The van der Waals surface area contributed by atoms with Crippen molar-refractivity contribution in [1.29, 1.82) is 0 Å². The molecule has 1 aliphatic heterocycles. The standard InChI is InChI=1S/C16H15NO2/c1-11-6-2-3-7-12(11)10-16-9-5-4-8-13(16)14(18)17-15(16)19/h2-9,13H,10H2,1H3,(H,17,18,19). The molecule has 3 rings (SSSR count). The zero-order valence-corrected chi connectivity index (χ0v) is 10.7. The molecule has 3 heteroatoms. The minimum atomic E-state index is -0.752. The number of hydrogen-bond donors (Lipinski definition) is 1. The maximum atomic E-state index is 12.2. The molecule has 96 valence electrons. The van der Waals surface area contributed by atoms with Crippen molar-refractivity contribution in [1.82, 2.24) is 5.32 Å². The third-order valence-corrected chi connectivity index (χ3v) is 4.05. The molecule has 0 aromatic heterocycles. The van der Waals surface area contributed by atoms with Crippen molar-refractivity contribution in [3.8, 4) is 0 Å². The quantitative estimate of drug-likeness (QED) is 0.818. The lowest BCUT2D eigenvalue weighted by Crippen LogP contribution is -2.36. The predicted molar refractivity (Wildman–Crippen MR) is 72.2 cm³/mol. The topological polar surface area (TPSA) is 46.2 Å². The average Bonchev–Trinajstić information content (AvgIpc) is 2.65. The van der Waals surface area contributed by atoms with Gasteiger partial charge in [-0.25, -0.2) is 0 Å². The summed E-state index contributed by atoms with van der Waals surface area (Å²) in [6.07, 6.45) is 7.93. The highest BCUT2D eigenvalue weighted by molar-refractivity contribution is 6.09. The Morgan fingerprint density at radius 3 is 2.79 bits per heavy atom. The van der Waals surface area contributed by atoms with Crippen molar-refractivity contribution in [2.75, 3.05) is 0 Å². The molecule has 0 bridgehead atoms. The van der Waals surface area contributed by atoms with Gasteiger partial charge < -0.3 is 0 Å². The lowest BCUT2D eigenvalue weighted by molar-refractivity contribution is -0.127. The Hall–Kier alpha value is -2.16. The zero-order chi connectivity index (χ0) is 13.5. The summed E-state index contributed by atoms with van der Waals surface area (Å²) in [7, 11) is 0. The first kappa shape index (κ1) is 11.9. The monoisotopic (exact) mass is 253 g/mol. The Morgan fingerprint density at radius 1 is 1.21 bits per heavy atom. The summed E-state index contributed by atoms with van der Waals surface area (Å²) in [6, 6.07) is 7.98. The highest BCUT2D eigenvalue weighted by atomic mass is 16.2. The number of allylic oxidation sites excluding steroid dienone is 2.